The van der Waals surface area contributed by atoms with Crippen molar-refractivity contribution in [1.29, 1.82) is 0 Å². The zero-order valence-electron chi connectivity index (χ0n) is 11.6. The van der Waals surface area contributed by atoms with Crippen molar-refractivity contribution in [3.63, 3.8) is 0 Å². The van der Waals surface area contributed by atoms with E-state index in [2.05, 4.69) is 0 Å². The van der Waals surface area contributed by atoms with Gasteiger partial charge in [0.25, 0.3) is 23.4 Å². The molecule has 0 radical (unpaired) electrons. The normalized spacial score (nSPS) is 23.4. The van der Waals surface area contributed by atoms with Crippen LogP contribution in [0.1, 0.15) is 16.8 Å². The molecule has 1 atom stereocenters. The van der Waals surface area contributed by atoms with Crippen LogP contribution < -0.4 is 5.32 Å². The van der Waals surface area contributed by atoms with E-state index in [0.29, 0.717) is 4.90 Å². The van der Waals surface area contributed by atoms with Crippen molar-refractivity contribution < 1.29 is 28.7 Å². The topological polar surface area (TPSA) is 110 Å². The molecule has 0 spiro atoms. The van der Waals surface area contributed by atoms with Gasteiger partial charge in [-0.1, -0.05) is 18.2 Å². The summed E-state index contributed by atoms with van der Waals surface area (Å²) in [5, 5.41) is 1.95. The van der Waals surface area contributed by atoms with Gasteiger partial charge in [0.05, 0.1) is 12.0 Å². The molecule has 8 heteroatoms. The Hall–Kier alpha value is -3.29. The molecular formula is C15H10N2O6. The summed E-state index contributed by atoms with van der Waals surface area (Å²) in [5.41, 5.74) is -2.19. The molecule has 116 valence electrons. The summed E-state index contributed by atoms with van der Waals surface area (Å²) < 4.78 is 5.16. The van der Waals surface area contributed by atoms with Gasteiger partial charge in [-0.2, -0.15) is 0 Å². The lowest BCUT2D eigenvalue weighted by molar-refractivity contribution is -0.172. The lowest BCUT2D eigenvalue weighted by atomic mass is 10.1. The minimum Gasteiger partial charge on any atom is -0.424 e. The minimum absolute atomic E-state index is 0.117. The molecule has 1 saturated heterocycles. The van der Waals surface area contributed by atoms with Gasteiger partial charge in [-0.05, 0) is 12.1 Å². The quantitative estimate of drug-likeness (QED) is 0.595. The zero-order valence-corrected chi connectivity index (χ0v) is 11.6. The predicted octanol–water partition coefficient (Wildman–Crippen LogP) is -0.489. The summed E-state index contributed by atoms with van der Waals surface area (Å²) >= 11 is 0. The van der Waals surface area contributed by atoms with Crippen LogP contribution in [0.5, 0.6) is 0 Å². The lowest BCUT2D eigenvalue weighted by Crippen LogP contribution is -2.59. The number of hydrogen-bond donors (Lipinski definition) is 1. The summed E-state index contributed by atoms with van der Waals surface area (Å²) in [6, 6.07) is 7.72. The van der Waals surface area contributed by atoms with Crippen LogP contribution >= 0.6 is 0 Å². The third-order valence-corrected chi connectivity index (χ3v) is 3.45. The van der Waals surface area contributed by atoms with Crippen LogP contribution in [0.25, 0.3) is 0 Å². The van der Waals surface area contributed by atoms with Crippen LogP contribution in [0.15, 0.2) is 42.5 Å². The van der Waals surface area contributed by atoms with E-state index in [9.17, 15) is 24.0 Å². The van der Waals surface area contributed by atoms with E-state index >= 15 is 0 Å². The maximum Gasteiger partial charge on any atom is 0.340 e. The molecule has 0 aliphatic carbocycles. The smallest absolute Gasteiger partial charge is 0.340 e. The second kappa shape index (κ2) is 5.16. The molecule has 1 N–H and O–H groups in total. The Kier molecular flexibility index (Phi) is 3.29. The van der Waals surface area contributed by atoms with Gasteiger partial charge in [-0.3, -0.25) is 24.5 Å². The zero-order chi connectivity index (χ0) is 16.6. The standard InChI is InChI=1S/C15H10N2O6/c18-10-8-15(14(22)16-10,17-11(19)6-7-12(17)20)23-13(21)9-4-2-1-3-5-9/h1-7H,8H2,(H,16,18,22). The van der Waals surface area contributed by atoms with Crippen LogP contribution in [0.3, 0.4) is 0 Å². The molecule has 1 aromatic carbocycles. The van der Waals surface area contributed by atoms with Gasteiger partial charge in [0.2, 0.25) is 5.91 Å². The number of imide groups is 2. The van der Waals surface area contributed by atoms with E-state index < -0.39 is 41.7 Å². The number of amides is 4. The van der Waals surface area contributed by atoms with E-state index in [1.54, 1.807) is 18.2 Å². The molecule has 2 aliphatic rings. The summed E-state index contributed by atoms with van der Waals surface area (Å²) in [5.74, 6) is -4.37. The van der Waals surface area contributed by atoms with Crippen LogP contribution in [0.2, 0.25) is 0 Å². The number of nitrogens with one attached hydrogen (secondary N) is 1. The first kappa shape index (κ1) is 14.6. The summed E-state index contributed by atoms with van der Waals surface area (Å²) in [7, 11) is 0. The molecule has 2 heterocycles. The fourth-order valence-corrected chi connectivity index (χ4v) is 2.42. The lowest BCUT2D eigenvalue weighted by Gasteiger charge is -2.32. The first-order chi connectivity index (χ1) is 10.9. The Labute approximate surface area is 129 Å². The van der Waals surface area contributed by atoms with Gasteiger partial charge in [0, 0.05) is 12.2 Å². The molecule has 23 heavy (non-hydrogen) atoms. The summed E-state index contributed by atoms with van der Waals surface area (Å²) in [6.07, 6.45) is 1.25. The maximum absolute atomic E-state index is 12.2. The second-order valence-corrected chi connectivity index (χ2v) is 4.94. The van der Waals surface area contributed by atoms with Crippen molar-refractivity contribution >= 4 is 29.6 Å². The molecule has 3 rings (SSSR count). The maximum atomic E-state index is 12.2. The monoisotopic (exact) mass is 314 g/mol. The third-order valence-electron chi connectivity index (χ3n) is 3.45. The van der Waals surface area contributed by atoms with Crippen molar-refractivity contribution in [3.05, 3.63) is 48.0 Å². The van der Waals surface area contributed by atoms with Gasteiger partial charge in [-0.15, -0.1) is 0 Å². The Morgan fingerprint density at radius 1 is 1.04 bits per heavy atom. The van der Waals surface area contributed by atoms with Gasteiger partial charge in [-0.25, -0.2) is 9.69 Å². The van der Waals surface area contributed by atoms with E-state index in [4.69, 9.17) is 4.74 Å². The highest BCUT2D eigenvalue weighted by atomic mass is 16.6. The molecule has 8 nitrogen and oxygen atoms in total. The van der Waals surface area contributed by atoms with E-state index in [1.165, 1.54) is 12.1 Å². The molecular weight excluding hydrogens is 304 g/mol. The fourth-order valence-electron chi connectivity index (χ4n) is 2.42. The SMILES string of the molecule is O=C1CC(OC(=O)c2ccccc2)(N2C(=O)C=CC2=O)C(=O)N1. The average Bonchev–Trinajstić information content (AvgIpc) is 2.99. The Morgan fingerprint density at radius 3 is 2.17 bits per heavy atom. The summed E-state index contributed by atoms with van der Waals surface area (Å²) in [4.78, 5) is 60.2. The van der Waals surface area contributed by atoms with E-state index in [1.807, 2.05) is 5.32 Å². The van der Waals surface area contributed by atoms with Crippen molar-refractivity contribution in [3.8, 4) is 0 Å². The minimum atomic E-state index is -2.30. The first-order valence-electron chi connectivity index (χ1n) is 6.63. The Morgan fingerprint density at radius 2 is 1.65 bits per heavy atom. The number of carbonyl (C=O) groups is 5. The van der Waals surface area contributed by atoms with Crippen molar-refractivity contribution in [2.75, 3.05) is 0 Å². The molecule has 0 aromatic heterocycles. The highest BCUT2D eigenvalue weighted by molar-refractivity contribution is 6.19. The first-order valence-corrected chi connectivity index (χ1v) is 6.63. The number of esters is 1. The van der Waals surface area contributed by atoms with Crippen molar-refractivity contribution in [2.45, 2.75) is 12.1 Å². The van der Waals surface area contributed by atoms with Gasteiger partial charge in [0.15, 0.2) is 0 Å². The van der Waals surface area contributed by atoms with Crippen molar-refractivity contribution in [2.24, 2.45) is 0 Å². The predicted molar refractivity (Wildman–Crippen MR) is 73.3 cm³/mol. The fraction of sp³-hybridized carbons (Fsp3) is 0.133. The highest BCUT2D eigenvalue weighted by Crippen LogP contribution is 2.31. The third kappa shape index (κ3) is 2.30. The number of benzene rings is 1. The molecule has 0 saturated carbocycles. The number of carbonyl (C=O) groups excluding carboxylic acids is 5. The highest BCUT2D eigenvalue weighted by Gasteiger charge is 2.59. The van der Waals surface area contributed by atoms with Crippen molar-refractivity contribution in [1.82, 2.24) is 10.2 Å². The number of hydrogen-bond acceptors (Lipinski definition) is 6. The van der Waals surface area contributed by atoms with Crippen LogP contribution in [0.4, 0.5) is 0 Å². The largest absolute Gasteiger partial charge is 0.424 e. The molecule has 1 aromatic rings. The average molecular weight is 314 g/mol. The van der Waals surface area contributed by atoms with Crippen LogP contribution in [-0.4, -0.2) is 40.2 Å². The number of ether oxygens (including phenoxy) is 1. The van der Waals surface area contributed by atoms with Crippen LogP contribution in [-0.2, 0) is 23.9 Å². The number of rotatable bonds is 3. The summed E-state index contributed by atoms with van der Waals surface area (Å²) in [6.45, 7) is 0. The van der Waals surface area contributed by atoms with Gasteiger partial charge < -0.3 is 4.74 Å². The Bertz CT molecular complexity index is 751. The molecule has 2 aliphatic heterocycles. The molecule has 1 unspecified atom stereocenters. The molecule has 0 bridgehead atoms. The van der Waals surface area contributed by atoms with Gasteiger partial charge in [0.1, 0.15) is 0 Å². The molecule has 4 amide bonds. The Balaban J connectivity index is 1.99. The number of nitrogens with zero attached hydrogens (tertiary/aromatic N) is 1. The second-order valence-electron chi connectivity index (χ2n) is 4.94. The van der Waals surface area contributed by atoms with Crippen LogP contribution in [0, 0.1) is 0 Å². The van der Waals surface area contributed by atoms with E-state index in [0.717, 1.165) is 12.2 Å². The van der Waals surface area contributed by atoms with E-state index in [-0.39, 0.29) is 5.56 Å². The van der Waals surface area contributed by atoms with Gasteiger partial charge >= 0.3 is 5.97 Å². The molecule has 1 fully saturated rings.